The lowest BCUT2D eigenvalue weighted by Gasteiger charge is -2.15. The third-order valence-corrected chi connectivity index (χ3v) is 6.68. The van der Waals surface area contributed by atoms with Gasteiger partial charge in [0, 0.05) is 20.3 Å². The van der Waals surface area contributed by atoms with Crippen molar-refractivity contribution >= 4 is 33.0 Å². The third-order valence-electron chi connectivity index (χ3n) is 3.40. The quantitative estimate of drug-likeness (QED) is 0.835. The number of thiazole rings is 1. The first-order valence-electron chi connectivity index (χ1n) is 6.00. The Kier molecular flexibility index (Phi) is 4.52. The van der Waals surface area contributed by atoms with Crippen LogP contribution in [0.25, 0.3) is 0 Å². The van der Waals surface area contributed by atoms with Crippen LogP contribution in [-0.4, -0.2) is 33.7 Å². The molecule has 1 aliphatic carbocycles. The van der Waals surface area contributed by atoms with Crippen molar-refractivity contribution in [2.24, 2.45) is 5.41 Å². The highest BCUT2D eigenvalue weighted by Crippen LogP contribution is 2.48. The molecular formula is C11H17ClN2O3S2. The summed E-state index contributed by atoms with van der Waals surface area (Å²) >= 11 is 6.73. The van der Waals surface area contributed by atoms with Crippen LogP contribution in [0.5, 0.6) is 0 Å². The number of nitrogens with zero attached hydrogens (tertiary/aromatic N) is 1. The Bertz CT molecular complexity index is 552. The molecule has 0 bridgehead atoms. The van der Waals surface area contributed by atoms with Crippen molar-refractivity contribution < 1.29 is 13.2 Å². The maximum atomic E-state index is 12.2. The van der Waals surface area contributed by atoms with Crippen LogP contribution in [0, 0.1) is 12.3 Å². The molecule has 1 saturated carbocycles. The Labute approximate surface area is 122 Å². The molecule has 1 heterocycles. The van der Waals surface area contributed by atoms with Crippen LogP contribution in [0.3, 0.4) is 0 Å². The van der Waals surface area contributed by atoms with Gasteiger partial charge < -0.3 is 4.74 Å². The Morgan fingerprint density at radius 2 is 2.21 bits per heavy atom. The van der Waals surface area contributed by atoms with E-state index in [1.165, 1.54) is 0 Å². The van der Waals surface area contributed by atoms with Gasteiger partial charge in [0.15, 0.2) is 8.68 Å². The molecule has 8 heteroatoms. The Morgan fingerprint density at radius 3 is 2.68 bits per heavy atom. The molecule has 1 aliphatic rings. The van der Waals surface area contributed by atoms with E-state index in [1.807, 2.05) is 0 Å². The first-order valence-corrected chi connectivity index (χ1v) is 8.68. The minimum atomic E-state index is -3.51. The van der Waals surface area contributed by atoms with Crippen LogP contribution in [0.4, 0.5) is 0 Å². The van der Waals surface area contributed by atoms with Gasteiger partial charge in [-0.1, -0.05) is 22.9 Å². The third kappa shape index (κ3) is 3.66. The van der Waals surface area contributed by atoms with Gasteiger partial charge in [0.1, 0.15) is 0 Å². The van der Waals surface area contributed by atoms with E-state index in [1.54, 1.807) is 14.0 Å². The highest BCUT2D eigenvalue weighted by atomic mass is 35.5. The lowest BCUT2D eigenvalue weighted by atomic mass is 10.0. The molecule has 0 atom stereocenters. The van der Waals surface area contributed by atoms with E-state index in [4.69, 9.17) is 16.3 Å². The summed E-state index contributed by atoms with van der Waals surface area (Å²) in [6, 6.07) is 0. The first-order chi connectivity index (χ1) is 8.88. The Balaban J connectivity index is 2.01. The van der Waals surface area contributed by atoms with Crippen molar-refractivity contribution in [1.29, 1.82) is 0 Å². The topological polar surface area (TPSA) is 68.3 Å². The molecule has 0 unspecified atom stereocenters. The monoisotopic (exact) mass is 324 g/mol. The summed E-state index contributed by atoms with van der Waals surface area (Å²) in [7, 11) is -1.85. The van der Waals surface area contributed by atoms with Crippen LogP contribution in [0.1, 0.15) is 25.0 Å². The van der Waals surface area contributed by atoms with Crippen LogP contribution < -0.4 is 4.72 Å². The molecule has 1 aromatic heterocycles. The van der Waals surface area contributed by atoms with Gasteiger partial charge >= 0.3 is 0 Å². The summed E-state index contributed by atoms with van der Waals surface area (Å²) in [6.07, 6.45) is 2.97. The molecule has 0 aromatic carbocycles. The predicted octanol–water partition coefficient (Wildman–Crippen LogP) is 2.20. The van der Waals surface area contributed by atoms with E-state index in [0.717, 1.165) is 30.6 Å². The van der Waals surface area contributed by atoms with Gasteiger partial charge in [-0.15, -0.1) is 0 Å². The molecule has 19 heavy (non-hydrogen) atoms. The van der Waals surface area contributed by atoms with Gasteiger partial charge in [0.05, 0.1) is 5.69 Å². The molecule has 108 valence electrons. The van der Waals surface area contributed by atoms with E-state index in [9.17, 15) is 8.42 Å². The molecule has 1 fully saturated rings. The second kappa shape index (κ2) is 5.65. The Hall–Kier alpha value is -0.210. The van der Waals surface area contributed by atoms with Crippen molar-refractivity contribution in [2.45, 2.75) is 30.4 Å². The summed E-state index contributed by atoms with van der Waals surface area (Å²) in [5.74, 6) is 0. The van der Waals surface area contributed by atoms with E-state index >= 15 is 0 Å². The number of hydrogen-bond donors (Lipinski definition) is 1. The second-order valence-corrected chi connectivity index (χ2v) is 8.45. The minimum Gasteiger partial charge on any atom is -0.385 e. The number of halogens is 1. The number of nitrogens with one attached hydrogen (secondary N) is 1. The molecule has 0 spiro atoms. The maximum absolute atomic E-state index is 12.2. The zero-order valence-corrected chi connectivity index (χ0v) is 13.3. The van der Waals surface area contributed by atoms with Crippen LogP contribution in [0.15, 0.2) is 4.21 Å². The molecule has 2 rings (SSSR count). The van der Waals surface area contributed by atoms with E-state index in [-0.39, 0.29) is 14.1 Å². The summed E-state index contributed by atoms with van der Waals surface area (Å²) in [4.78, 5) is 3.93. The number of methoxy groups -OCH3 is 1. The summed E-state index contributed by atoms with van der Waals surface area (Å²) < 4.78 is 32.5. The number of rotatable bonds is 7. The highest BCUT2D eigenvalue weighted by molar-refractivity contribution is 7.91. The SMILES string of the molecule is COCCC1(CNS(=O)(=O)c2sc(Cl)nc2C)CC1. The van der Waals surface area contributed by atoms with Crippen molar-refractivity contribution in [1.82, 2.24) is 9.71 Å². The Morgan fingerprint density at radius 1 is 1.53 bits per heavy atom. The van der Waals surface area contributed by atoms with Gasteiger partial charge in [0.25, 0.3) is 10.0 Å². The maximum Gasteiger partial charge on any atom is 0.252 e. The van der Waals surface area contributed by atoms with E-state index in [0.29, 0.717) is 18.8 Å². The van der Waals surface area contributed by atoms with Crippen molar-refractivity contribution in [2.75, 3.05) is 20.3 Å². The van der Waals surface area contributed by atoms with Crippen LogP contribution in [0.2, 0.25) is 4.47 Å². The molecule has 1 N–H and O–H groups in total. The fraction of sp³-hybridized carbons (Fsp3) is 0.727. The predicted molar refractivity (Wildman–Crippen MR) is 75.2 cm³/mol. The van der Waals surface area contributed by atoms with Gasteiger partial charge in [-0.3, -0.25) is 0 Å². The van der Waals surface area contributed by atoms with Crippen molar-refractivity contribution in [3.63, 3.8) is 0 Å². The molecule has 0 saturated heterocycles. The van der Waals surface area contributed by atoms with Crippen LogP contribution >= 0.6 is 22.9 Å². The van der Waals surface area contributed by atoms with Crippen LogP contribution in [-0.2, 0) is 14.8 Å². The zero-order valence-electron chi connectivity index (χ0n) is 10.9. The first kappa shape index (κ1) is 15.2. The average molecular weight is 325 g/mol. The van der Waals surface area contributed by atoms with Crippen molar-refractivity contribution in [3.05, 3.63) is 10.2 Å². The molecule has 0 aliphatic heterocycles. The van der Waals surface area contributed by atoms with Gasteiger partial charge in [0.2, 0.25) is 0 Å². The number of aryl methyl sites for hydroxylation is 1. The summed E-state index contributed by atoms with van der Waals surface area (Å²) in [6.45, 7) is 2.76. The fourth-order valence-electron chi connectivity index (χ4n) is 1.92. The summed E-state index contributed by atoms with van der Waals surface area (Å²) in [5.41, 5.74) is 0.523. The normalized spacial score (nSPS) is 17.6. The molecule has 1 aromatic rings. The van der Waals surface area contributed by atoms with Gasteiger partial charge in [-0.05, 0) is 31.6 Å². The average Bonchev–Trinajstić information content (AvgIpc) is 3.03. The number of ether oxygens (including phenoxy) is 1. The van der Waals surface area contributed by atoms with E-state index in [2.05, 4.69) is 9.71 Å². The number of sulfonamides is 1. The second-order valence-electron chi connectivity index (χ2n) is 4.91. The van der Waals surface area contributed by atoms with Crippen molar-refractivity contribution in [3.8, 4) is 0 Å². The standard InChI is InChI=1S/C11H17ClN2O3S2/c1-8-9(18-10(12)14-8)19(15,16)13-7-11(3-4-11)5-6-17-2/h13H,3-7H2,1-2H3. The minimum absolute atomic E-state index is 0.0749. The molecular weight excluding hydrogens is 308 g/mol. The summed E-state index contributed by atoms with van der Waals surface area (Å²) in [5, 5.41) is 0. The van der Waals surface area contributed by atoms with Gasteiger partial charge in [-0.2, -0.15) is 0 Å². The molecule has 0 amide bonds. The zero-order chi connectivity index (χ0) is 14.1. The van der Waals surface area contributed by atoms with E-state index < -0.39 is 10.0 Å². The largest absolute Gasteiger partial charge is 0.385 e. The lowest BCUT2D eigenvalue weighted by Crippen LogP contribution is -2.30. The number of hydrogen-bond acceptors (Lipinski definition) is 5. The smallest absolute Gasteiger partial charge is 0.252 e. The van der Waals surface area contributed by atoms with Gasteiger partial charge in [-0.25, -0.2) is 18.1 Å². The lowest BCUT2D eigenvalue weighted by molar-refractivity contribution is 0.173. The molecule has 5 nitrogen and oxygen atoms in total. The number of aromatic nitrogens is 1. The fourth-order valence-corrected chi connectivity index (χ4v) is 4.86. The molecule has 0 radical (unpaired) electrons. The highest BCUT2D eigenvalue weighted by Gasteiger charge is 2.42.